The van der Waals surface area contributed by atoms with E-state index < -0.39 is 0 Å². The summed E-state index contributed by atoms with van der Waals surface area (Å²) in [6.07, 6.45) is 2.63. The molecular formula is C18H30ClIN4O. The topological polar surface area (TPSA) is 40.1 Å². The van der Waals surface area contributed by atoms with Crippen molar-refractivity contribution in [2.75, 3.05) is 47.4 Å². The maximum Gasteiger partial charge on any atom is 0.193 e. The van der Waals surface area contributed by atoms with E-state index in [4.69, 9.17) is 16.3 Å². The molecule has 0 amide bonds. The molecule has 0 atom stereocenters. The molecule has 0 bridgehead atoms. The molecule has 25 heavy (non-hydrogen) atoms. The zero-order chi connectivity index (χ0) is 17.4. The Morgan fingerprint density at radius 2 is 2.12 bits per heavy atom. The van der Waals surface area contributed by atoms with Gasteiger partial charge in [0.05, 0.1) is 6.61 Å². The van der Waals surface area contributed by atoms with Gasteiger partial charge in [-0.05, 0) is 30.5 Å². The van der Waals surface area contributed by atoms with E-state index in [0.29, 0.717) is 0 Å². The molecule has 142 valence electrons. The van der Waals surface area contributed by atoms with Crippen molar-refractivity contribution in [3.05, 3.63) is 34.9 Å². The summed E-state index contributed by atoms with van der Waals surface area (Å²) in [7, 11) is 5.62. The lowest BCUT2D eigenvalue weighted by molar-refractivity contribution is 0.144. The molecule has 0 saturated heterocycles. The Bertz CT molecular complexity index is 540. The minimum atomic E-state index is 0. The average molecular weight is 481 g/mol. The first kappa shape index (κ1) is 22.5. The number of nitrogens with one attached hydrogen (secondary N) is 1. The number of ether oxygens (including phenoxy) is 1. The SMILES string of the molecule is CN=C(NCCN(CCOC)C1CC1)N(C)Cc1cccc(Cl)c1.I. The number of guanidine groups is 1. The van der Waals surface area contributed by atoms with Crippen molar-refractivity contribution in [3.63, 3.8) is 0 Å². The molecule has 1 aliphatic rings. The van der Waals surface area contributed by atoms with Crippen LogP contribution in [-0.2, 0) is 11.3 Å². The van der Waals surface area contributed by atoms with Crippen LogP contribution < -0.4 is 5.32 Å². The molecule has 1 fully saturated rings. The van der Waals surface area contributed by atoms with Crippen molar-refractivity contribution >= 4 is 41.5 Å². The predicted octanol–water partition coefficient (Wildman–Crippen LogP) is 3.08. The van der Waals surface area contributed by atoms with E-state index in [1.54, 1.807) is 7.11 Å². The highest BCUT2D eigenvalue weighted by molar-refractivity contribution is 14.0. The van der Waals surface area contributed by atoms with Crippen LogP contribution in [0.2, 0.25) is 5.02 Å². The lowest BCUT2D eigenvalue weighted by Gasteiger charge is -2.25. The lowest BCUT2D eigenvalue weighted by Crippen LogP contribution is -2.43. The van der Waals surface area contributed by atoms with Crippen molar-refractivity contribution < 1.29 is 4.74 Å². The molecule has 0 heterocycles. The molecule has 1 aliphatic carbocycles. The zero-order valence-corrected chi connectivity index (χ0v) is 18.5. The Morgan fingerprint density at radius 1 is 1.36 bits per heavy atom. The fourth-order valence-electron chi connectivity index (χ4n) is 2.81. The molecule has 1 N–H and O–H groups in total. The van der Waals surface area contributed by atoms with Gasteiger partial charge < -0.3 is 15.0 Å². The maximum atomic E-state index is 6.06. The van der Waals surface area contributed by atoms with Gasteiger partial charge in [-0.25, -0.2) is 0 Å². The average Bonchev–Trinajstić information content (AvgIpc) is 3.39. The number of halogens is 2. The van der Waals surface area contributed by atoms with Crippen LogP contribution in [0.5, 0.6) is 0 Å². The molecule has 0 unspecified atom stereocenters. The van der Waals surface area contributed by atoms with E-state index in [9.17, 15) is 0 Å². The summed E-state index contributed by atoms with van der Waals surface area (Å²) in [5.41, 5.74) is 1.17. The lowest BCUT2D eigenvalue weighted by atomic mass is 10.2. The normalized spacial score (nSPS) is 14.4. The summed E-state index contributed by atoms with van der Waals surface area (Å²) in [5.74, 6) is 0.900. The number of methoxy groups -OCH3 is 1. The van der Waals surface area contributed by atoms with Gasteiger partial charge in [-0.2, -0.15) is 0 Å². The molecule has 0 spiro atoms. The first-order chi connectivity index (χ1) is 11.6. The van der Waals surface area contributed by atoms with Gasteiger partial charge in [0.25, 0.3) is 0 Å². The molecule has 7 heteroatoms. The number of rotatable bonds is 9. The summed E-state index contributed by atoms with van der Waals surface area (Å²) in [6, 6.07) is 8.68. The Hall–Kier alpha value is -0.570. The number of hydrogen-bond acceptors (Lipinski definition) is 3. The summed E-state index contributed by atoms with van der Waals surface area (Å²) in [6.45, 7) is 4.46. The number of aliphatic imine (C=N–C) groups is 1. The molecule has 0 aliphatic heterocycles. The molecule has 0 radical (unpaired) electrons. The van der Waals surface area contributed by atoms with Gasteiger partial charge in [-0.15, -0.1) is 24.0 Å². The molecule has 1 aromatic rings. The fourth-order valence-corrected chi connectivity index (χ4v) is 3.02. The van der Waals surface area contributed by atoms with Crippen LogP contribution in [0.1, 0.15) is 18.4 Å². The van der Waals surface area contributed by atoms with Crippen molar-refractivity contribution in [1.29, 1.82) is 0 Å². The van der Waals surface area contributed by atoms with E-state index in [1.165, 1.54) is 18.4 Å². The van der Waals surface area contributed by atoms with Crippen LogP contribution in [0.4, 0.5) is 0 Å². The number of nitrogens with zero attached hydrogens (tertiary/aromatic N) is 3. The van der Waals surface area contributed by atoms with Crippen molar-refractivity contribution in [2.45, 2.75) is 25.4 Å². The van der Waals surface area contributed by atoms with E-state index >= 15 is 0 Å². The summed E-state index contributed by atoms with van der Waals surface area (Å²) < 4.78 is 5.21. The van der Waals surface area contributed by atoms with Gasteiger partial charge in [-0.3, -0.25) is 9.89 Å². The maximum absolute atomic E-state index is 6.06. The molecule has 1 saturated carbocycles. The van der Waals surface area contributed by atoms with Crippen LogP contribution in [0.25, 0.3) is 0 Å². The Morgan fingerprint density at radius 3 is 2.72 bits per heavy atom. The molecule has 2 rings (SSSR count). The molecule has 0 aromatic heterocycles. The minimum Gasteiger partial charge on any atom is -0.383 e. The van der Waals surface area contributed by atoms with Gasteiger partial charge in [0.15, 0.2) is 5.96 Å². The number of hydrogen-bond donors (Lipinski definition) is 1. The van der Waals surface area contributed by atoms with Gasteiger partial charge in [0.1, 0.15) is 0 Å². The van der Waals surface area contributed by atoms with Crippen LogP contribution in [0, 0.1) is 0 Å². The van der Waals surface area contributed by atoms with Crippen molar-refractivity contribution in [2.24, 2.45) is 4.99 Å². The van der Waals surface area contributed by atoms with Crippen LogP contribution in [0.15, 0.2) is 29.3 Å². The van der Waals surface area contributed by atoms with E-state index in [1.807, 2.05) is 32.3 Å². The standard InChI is InChI=1S/C18H29ClN4O.HI/c1-20-18(22(2)14-15-5-4-6-16(19)13-15)21-9-10-23(11-12-24-3)17-7-8-17;/h4-6,13,17H,7-12,14H2,1-3H3,(H,20,21);1H. The van der Waals surface area contributed by atoms with E-state index in [0.717, 1.165) is 49.8 Å². The highest BCUT2D eigenvalue weighted by Crippen LogP contribution is 2.25. The van der Waals surface area contributed by atoms with Gasteiger partial charge in [0, 0.05) is 58.4 Å². The predicted molar refractivity (Wildman–Crippen MR) is 116 cm³/mol. The third kappa shape index (κ3) is 8.11. The zero-order valence-electron chi connectivity index (χ0n) is 15.4. The quantitative estimate of drug-likeness (QED) is 0.335. The van der Waals surface area contributed by atoms with Gasteiger partial charge in [0.2, 0.25) is 0 Å². The number of benzene rings is 1. The summed E-state index contributed by atoms with van der Waals surface area (Å²) >= 11 is 6.06. The highest BCUT2D eigenvalue weighted by atomic mass is 127. The van der Waals surface area contributed by atoms with E-state index in [-0.39, 0.29) is 24.0 Å². The third-order valence-corrected chi connectivity index (χ3v) is 4.45. The Balaban J connectivity index is 0.00000312. The van der Waals surface area contributed by atoms with E-state index in [2.05, 4.69) is 26.2 Å². The highest BCUT2D eigenvalue weighted by Gasteiger charge is 2.28. The van der Waals surface area contributed by atoms with Crippen LogP contribution in [-0.4, -0.2) is 69.2 Å². The third-order valence-electron chi connectivity index (χ3n) is 4.21. The monoisotopic (exact) mass is 480 g/mol. The van der Waals surface area contributed by atoms with Crippen LogP contribution in [0.3, 0.4) is 0 Å². The Kier molecular flexibility index (Phi) is 10.7. The first-order valence-corrected chi connectivity index (χ1v) is 8.91. The van der Waals surface area contributed by atoms with Crippen LogP contribution >= 0.6 is 35.6 Å². The first-order valence-electron chi connectivity index (χ1n) is 8.53. The summed E-state index contributed by atoms with van der Waals surface area (Å²) in [5, 5.41) is 4.22. The molecular weight excluding hydrogens is 451 g/mol. The Labute approximate surface area is 173 Å². The summed E-state index contributed by atoms with van der Waals surface area (Å²) in [4.78, 5) is 9.00. The fraction of sp³-hybridized carbons (Fsp3) is 0.611. The largest absolute Gasteiger partial charge is 0.383 e. The smallest absolute Gasteiger partial charge is 0.193 e. The second-order valence-corrected chi connectivity index (χ2v) is 6.66. The molecule has 5 nitrogen and oxygen atoms in total. The second kappa shape index (κ2) is 11.9. The van der Waals surface area contributed by atoms with Gasteiger partial charge in [-0.1, -0.05) is 23.7 Å². The van der Waals surface area contributed by atoms with Gasteiger partial charge >= 0.3 is 0 Å². The second-order valence-electron chi connectivity index (χ2n) is 6.22. The van der Waals surface area contributed by atoms with Crippen molar-refractivity contribution in [3.8, 4) is 0 Å². The van der Waals surface area contributed by atoms with Crippen molar-refractivity contribution in [1.82, 2.24) is 15.1 Å². The molecule has 1 aromatic carbocycles. The minimum absolute atomic E-state index is 0.